The molecule has 0 bridgehead atoms. The molecule has 0 saturated carbocycles. The normalized spacial score (nSPS) is 12.1. The monoisotopic (exact) mass is 448 g/mol. The van der Waals surface area contributed by atoms with Crippen LogP contribution in [-0.4, -0.2) is 34.9 Å². The van der Waals surface area contributed by atoms with Crippen LogP contribution in [0.25, 0.3) is 0 Å². The van der Waals surface area contributed by atoms with Crippen LogP contribution >= 0.6 is 0 Å². The van der Waals surface area contributed by atoms with Crippen LogP contribution in [0.5, 0.6) is 0 Å². The van der Waals surface area contributed by atoms with Crippen molar-refractivity contribution in [2.75, 3.05) is 0 Å². The van der Waals surface area contributed by atoms with Crippen molar-refractivity contribution < 1.29 is 33.4 Å². The summed E-state index contributed by atoms with van der Waals surface area (Å²) in [5.74, 6) is -2.30. The molecule has 0 aliphatic heterocycles. The molecular weight excluding hydrogens is 412 g/mol. The van der Waals surface area contributed by atoms with Crippen molar-refractivity contribution in [3.05, 3.63) is 35.9 Å². The van der Waals surface area contributed by atoms with Gasteiger partial charge in [-0.3, -0.25) is 19.2 Å². The molecule has 0 aliphatic rings. The van der Waals surface area contributed by atoms with Gasteiger partial charge in [0.1, 0.15) is 29.0 Å². The van der Waals surface area contributed by atoms with Crippen LogP contribution in [0.4, 0.5) is 0 Å². The highest BCUT2D eigenvalue weighted by Crippen LogP contribution is 2.34. The van der Waals surface area contributed by atoms with Crippen LogP contribution in [0.1, 0.15) is 79.7 Å². The first-order valence-corrected chi connectivity index (χ1v) is 10.8. The van der Waals surface area contributed by atoms with E-state index in [0.717, 1.165) is 5.56 Å². The summed E-state index contributed by atoms with van der Waals surface area (Å²) in [7, 11) is 0. The van der Waals surface area contributed by atoms with Crippen molar-refractivity contribution in [3.63, 3.8) is 0 Å². The third-order valence-corrected chi connectivity index (χ3v) is 4.63. The summed E-state index contributed by atoms with van der Waals surface area (Å²) in [6, 6.07) is 9.06. The molecule has 0 spiro atoms. The summed E-state index contributed by atoms with van der Waals surface area (Å²) >= 11 is 0. The molecule has 0 aliphatic carbocycles. The van der Waals surface area contributed by atoms with Crippen LogP contribution in [0.3, 0.4) is 0 Å². The summed E-state index contributed by atoms with van der Waals surface area (Å²) in [5, 5.41) is 0. The first kappa shape index (κ1) is 27.3. The van der Waals surface area contributed by atoms with Crippen LogP contribution in [0.15, 0.2) is 30.3 Å². The molecule has 7 heteroatoms. The lowest BCUT2D eigenvalue weighted by molar-refractivity contribution is -0.165. The van der Waals surface area contributed by atoms with E-state index < -0.39 is 40.3 Å². The topological polar surface area (TPSA) is 96.0 Å². The van der Waals surface area contributed by atoms with E-state index in [2.05, 4.69) is 0 Å². The number of ether oxygens (including phenoxy) is 3. The van der Waals surface area contributed by atoms with E-state index in [-0.39, 0.29) is 32.3 Å². The quantitative estimate of drug-likeness (QED) is 0.294. The van der Waals surface area contributed by atoms with Gasteiger partial charge in [-0.1, -0.05) is 30.3 Å². The van der Waals surface area contributed by atoms with Gasteiger partial charge in [-0.2, -0.15) is 0 Å². The number of esters is 3. The molecule has 32 heavy (non-hydrogen) atoms. The lowest BCUT2D eigenvalue weighted by Gasteiger charge is -2.30. The average Bonchev–Trinajstić information content (AvgIpc) is 2.64. The second-order valence-corrected chi connectivity index (χ2v) is 9.87. The van der Waals surface area contributed by atoms with E-state index >= 15 is 0 Å². The number of rotatable bonds is 10. The zero-order chi connectivity index (χ0) is 24.6. The van der Waals surface area contributed by atoms with Crippen molar-refractivity contribution in [1.82, 2.24) is 0 Å². The second kappa shape index (κ2) is 11.2. The van der Waals surface area contributed by atoms with Crippen LogP contribution in [-0.2, 0) is 40.0 Å². The Morgan fingerprint density at radius 1 is 0.750 bits per heavy atom. The Kier molecular flexibility index (Phi) is 9.61. The highest BCUT2D eigenvalue weighted by molar-refractivity contribution is 6.03. The van der Waals surface area contributed by atoms with Gasteiger partial charge < -0.3 is 14.2 Å². The predicted octanol–water partition coefficient (Wildman–Crippen LogP) is 4.55. The van der Waals surface area contributed by atoms with Crippen molar-refractivity contribution in [2.24, 2.45) is 5.41 Å². The van der Waals surface area contributed by atoms with Crippen molar-refractivity contribution in [2.45, 2.75) is 92.0 Å². The molecule has 0 fully saturated rings. The number of ketones is 1. The molecule has 0 unspecified atom stereocenters. The molecule has 1 rings (SSSR count). The average molecular weight is 449 g/mol. The van der Waals surface area contributed by atoms with Crippen LogP contribution in [0.2, 0.25) is 0 Å². The van der Waals surface area contributed by atoms with Gasteiger partial charge in [-0.05, 0) is 66.9 Å². The largest absolute Gasteiger partial charge is 0.460 e. The Labute approximate surface area is 190 Å². The lowest BCUT2D eigenvalue weighted by atomic mass is 9.75. The Hall–Kier alpha value is -2.70. The van der Waals surface area contributed by atoms with Gasteiger partial charge in [0.15, 0.2) is 0 Å². The second-order valence-electron chi connectivity index (χ2n) is 9.87. The van der Waals surface area contributed by atoms with Gasteiger partial charge in [0.25, 0.3) is 0 Å². The van der Waals surface area contributed by atoms with Crippen LogP contribution < -0.4 is 0 Å². The van der Waals surface area contributed by atoms with Crippen molar-refractivity contribution >= 4 is 23.7 Å². The molecule has 0 N–H and O–H groups in total. The fraction of sp³-hybridized carbons (Fsp3) is 0.600. The molecule has 0 radical (unpaired) electrons. The van der Waals surface area contributed by atoms with Gasteiger partial charge in [0, 0.05) is 12.8 Å². The van der Waals surface area contributed by atoms with E-state index in [1.54, 1.807) is 53.7 Å². The predicted molar refractivity (Wildman–Crippen MR) is 120 cm³/mol. The molecule has 0 saturated heterocycles. The Bertz CT molecular complexity index is 766. The van der Waals surface area contributed by atoms with Crippen molar-refractivity contribution in [3.8, 4) is 0 Å². The lowest BCUT2D eigenvalue weighted by Crippen LogP contribution is -2.41. The molecule has 0 heterocycles. The third kappa shape index (κ3) is 9.62. The van der Waals surface area contributed by atoms with Crippen LogP contribution in [0, 0.1) is 5.41 Å². The zero-order valence-electron chi connectivity index (χ0n) is 20.3. The number of Topliss-reactive ketones (excluding diaryl/α,β-unsaturated/α-hetero) is 1. The van der Waals surface area contributed by atoms with Gasteiger partial charge >= 0.3 is 17.9 Å². The zero-order valence-corrected chi connectivity index (χ0v) is 20.3. The van der Waals surface area contributed by atoms with Crippen molar-refractivity contribution in [1.29, 1.82) is 0 Å². The van der Waals surface area contributed by atoms with E-state index in [1.165, 1.54) is 6.92 Å². The molecule has 7 nitrogen and oxygen atoms in total. The molecule has 0 aromatic heterocycles. The minimum absolute atomic E-state index is 0.0203. The number of carbonyl (C=O) groups is 4. The maximum Gasteiger partial charge on any atom is 0.319 e. The first-order valence-electron chi connectivity index (χ1n) is 10.8. The van der Waals surface area contributed by atoms with Gasteiger partial charge in [-0.25, -0.2) is 0 Å². The first-order chi connectivity index (χ1) is 14.6. The molecule has 0 atom stereocenters. The van der Waals surface area contributed by atoms with E-state index in [0.29, 0.717) is 0 Å². The Balaban J connectivity index is 3.04. The number of benzene rings is 1. The summed E-state index contributed by atoms with van der Waals surface area (Å²) in [6.07, 6.45) is -0.557. The maximum atomic E-state index is 13.1. The fourth-order valence-electron chi connectivity index (χ4n) is 3.10. The van der Waals surface area contributed by atoms with Gasteiger partial charge in [-0.15, -0.1) is 0 Å². The molecule has 178 valence electrons. The summed E-state index contributed by atoms with van der Waals surface area (Å²) in [5.41, 5.74) is -2.28. The molecule has 1 aromatic rings. The minimum Gasteiger partial charge on any atom is -0.460 e. The number of hydrogen-bond acceptors (Lipinski definition) is 7. The SMILES string of the molecule is CC(=O)C(CCC(=O)OC(C)(C)C)(CCC(=O)OC(C)(C)C)C(=O)OCc1ccccc1. The minimum atomic E-state index is -1.65. The Morgan fingerprint density at radius 2 is 1.19 bits per heavy atom. The Morgan fingerprint density at radius 3 is 1.56 bits per heavy atom. The summed E-state index contributed by atoms with van der Waals surface area (Å²) in [4.78, 5) is 50.4. The smallest absolute Gasteiger partial charge is 0.319 e. The highest BCUT2D eigenvalue weighted by Gasteiger charge is 2.45. The van der Waals surface area contributed by atoms with Gasteiger partial charge in [0.2, 0.25) is 0 Å². The fourth-order valence-corrected chi connectivity index (χ4v) is 3.10. The van der Waals surface area contributed by atoms with E-state index in [4.69, 9.17) is 14.2 Å². The standard InChI is InChI=1S/C25H36O7/c1-18(26)25(15-13-20(27)31-23(2,3)4,16-14-21(28)32-24(5,6)7)22(29)30-17-19-11-9-8-10-12-19/h8-12H,13-17H2,1-7H3. The summed E-state index contributed by atoms with van der Waals surface area (Å²) < 4.78 is 16.1. The number of carbonyl (C=O) groups excluding carboxylic acids is 4. The highest BCUT2D eigenvalue weighted by atomic mass is 16.6. The molecule has 0 amide bonds. The number of hydrogen-bond donors (Lipinski definition) is 0. The summed E-state index contributed by atoms with van der Waals surface area (Å²) in [6.45, 7) is 11.7. The van der Waals surface area contributed by atoms with Gasteiger partial charge in [0.05, 0.1) is 0 Å². The molecular formula is C25H36O7. The van der Waals surface area contributed by atoms with E-state index in [1.807, 2.05) is 18.2 Å². The molecule has 1 aromatic carbocycles. The maximum absolute atomic E-state index is 13.1. The third-order valence-electron chi connectivity index (χ3n) is 4.63. The van der Waals surface area contributed by atoms with E-state index in [9.17, 15) is 19.2 Å².